The molecule has 4 aliphatic rings. The molecule has 0 bridgehead atoms. The molecule has 13 nitrogen and oxygen atoms in total. The molecule has 3 heterocycles. The van der Waals surface area contributed by atoms with Crippen molar-refractivity contribution >= 4 is 40.9 Å². The number of likely N-dealkylation sites (tertiary alicyclic amines) is 1. The zero-order valence-corrected chi connectivity index (χ0v) is 29.2. The molecule has 1 saturated heterocycles. The van der Waals surface area contributed by atoms with Crippen LogP contribution in [0, 0.1) is 0 Å². The van der Waals surface area contributed by atoms with Crippen LogP contribution in [-0.2, 0) is 14.3 Å². The van der Waals surface area contributed by atoms with Crippen molar-refractivity contribution in [2.45, 2.75) is 114 Å². The van der Waals surface area contributed by atoms with Gasteiger partial charge in [0, 0.05) is 44.3 Å². The van der Waals surface area contributed by atoms with E-state index < -0.39 is 6.04 Å². The molecule has 1 aromatic heterocycles. The Morgan fingerprint density at radius 3 is 2.47 bits per heavy atom. The topological polar surface area (TPSA) is 155 Å². The average molecular weight is 677 g/mol. The maximum atomic E-state index is 13.3. The molecule has 2 amide bonds. The van der Waals surface area contributed by atoms with E-state index in [4.69, 9.17) is 20.2 Å². The summed E-state index contributed by atoms with van der Waals surface area (Å²) < 4.78 is 11.2. The number of fused-ring (bicyclic) bond motifs is 1. The smallest absolute Gasteiger partial charge is 0.323 e. The summed E-state index contributed by atoms with van der Waals surface area (Å²) in [6.07, 6.45) is 13.1. The Morgan fingerprint density at radius 2 is 1.78 bits per heavy atom. The summed E-state index contributed by atoms with van der Waals surface area (Å²) in [5.74, 6) is 1.29. The standard InChI is InChI=1S/C36H52N8O5/c1-4-29-34(46)42(2)30-22-38-36(41-32(30)44(29)25-9-5-6-10-25)40-28-14-13-23(21-31(28)48-3)33(45)39-24-15-18-43(19-16-24)20-17-27(37)35(47)49-26-11-7-8-12-26/h13-14,21-22,24-27,29H,4-12,15-20,37H2,1-3H3,(H,39,45)(H,38,40,41)/t27-,29-/m1/s1. The highest BCUT2D eigenvalue weighted by atomic mass is 16.5. The van der Waals surface area contributed by atoms with E-state index in [0.717, 1.165) is 89.7 Å². The van der Waals surface area contributed by atoms with Gasteiger partial charge in [-0.2, -0.15) is 4.98 Å². The van der Waals surface area contributed by atoms with Crippen molar-refractivity contribution in [1.29, 1.82) is 0 Å². The zero-order chi connectivity index (χ0) is 34.5. The van der Waals surface area contributed by atoms with Crippen LogP contribution in [0.3, 0.4) is 0 Å². The Labute approximate surface area is 289 Å². The molecule has 6 rings (SSSR count). The van der Waals surface area contributed by atoms with Crippen molar-refractivity contribution in [3.63, 3.8) is 0 Å². The van der Waals surface area contributed by atoms with Gasteiger partial charge in [0.2, 0.25) is 11.9 Å². The number of nitrogens with two attached hydrogens (primary N) is 1. The third-order valence-electron chi connectivity index (χ3n) is 10.7. The highest BCUT2D eigenvalue weighted by molar-refractivity contribution is 6.04. The first-order valence-electron chi connectivity index (χ1n) is 18.1. The number of likely N-dealkylation sites (N-methyl/N-ethyl adjacent to an activating group) is 1. The number of carbonyl (C=O) groups is 3. The van der Waals surface area contributed by atoms with Gasteiger partial charge >= 0.3 is 5.97 Å². The number of nitrogens with zero attached hydrogens (tertiary/aromatic N) is 5. The fourth-order valence-corrected chi connectivity index (χ4v) is 7.77. The lowest BCUT2D eigenvalue weighted by Gasteiger charge is -2.43. The molecular formula is C36H52N8O5. The lowest BCUT2D eigenvalue weighted by Crippen LogP contribution is -2.55. The SMILES string of the molecule is CC[C@@H]1C(=O)N(C)c2cnc(Nc3ccc(C(=O)NC4CCN(CC[C@@H](N)C(=O)OC5CCCC5)CC4)cc3OC)nc2N1C1CCCC1. The molecule has 0 unspecified atom stereocenters. The van der Waals surface area contributed by atoms with Crippen LogP contribution in [0.4, 0.5) is 23.1 Å². The van der Waals surface area contributed by atoms with Crippen LogP contribution in [0.5, 0.6) is 5.75 Å². The van der Waals surface area contributed by atoms with E-state index >= 15 is 0 Å². The molecule has 0 spiro atoms. The first-order chi connectivity index (χ1) is 23.7. The number of anilines is 4. The maximum absolute atomic E-state index is 13.3. The molecule has 1 aromatic carbocycles. The van der Waals surface area contributed by atoms with E-state index in [2.05, 4.69) is 25.4 Å². The van der Waals surface area contributed by atoms with Crippen molar-refractivity contribution in [2.24, 2.45) is 5.73 Å². The summed E-state index contributed by atoms with van der Waals surface area (Å²) in [5, 5.41) is 6.47. The summed E-state index contributed by atoms with van der Waals surface area (Å²) >= 11 is 0. The zero-order valence-electron chi connectivity index (χ0n) is 29.2. The van der Waals surface area contributed by atoms with Gasteiger partial charge < -0.3 is 40.5 Å². The van der Waals surface area contributed by atoms with Crippen molar-refractivity contribution in [3.05, 3.63) is 30.0 Å². The number of aromatic nitrogens is 2. The largest absolute Gasteiger partial charge is 0.495 e. The lowest BCUT2D eigenvalue weighted by atomic mass is 10.0. The molecule has 2 aliphatic heterocycles. The molecule has 266 valence electrons. The van der Waals surface area contributed by atoms with Crippen LogP contribution in [0.25, 0.3) is 0 Å². The Kier molecular flexibility index (Phi) is 11.2. The van der Waals surface area contributed by atoms with E-state index in [-0.39, 0.29) is 42.0 Å². The minimum Gasteiger partial charge on any atom is -0.495 e. The number of hydrogen-bond acceptors (Lipinski definition) is 11. The number of nitrogens with one attached hydrogen (secondary N) is 2. The van der Waals surface area contributed by atoms with Crippen LogP contribution in [0.1, 0.15) is 94.3 Å². The minimum absolute atomic E-state index is 0.0336. The molecule has 13 heteroatoms. The quantitative estimate of drug-likeness (QED) is 0.278. The maximum Gasteiger partial charge on any atom is 0.323 e. The molecule has 2 aromatic rings. The molecule has 0 radical (unpaired) electrons. The monoisotopic (exact) mass is 676 g/mol. The van der Waals surface area contributed by atoms with Crippen molar-refractivity contribution in [3.8, 4) is 5.75 Å². The lowest BCUT2D eigenvalue weighted by molar-refractivity contribution is -0.150. The highest BCUT2D eigenvalue weighted by Crippen LogP contribution is 2.40. The summed E-state index contributed by atoms with van der Waals surface area (Å²) in [7, 11) is 3.36. The molecule has 2 saturated carbocycles. The second kappa shape index (κ2) is 15.7. The number of piperidine rings is 1. The van der Waals surface area contributed by atoms with Crippen molar-refractivity contribution < 1.29 is 23.9 Å². The van der Waals surface area contributed by atoms with Crippen LogP contribution in [0.15, 0.2) is 24.4 Å². The predicted molar refractivity (Wildman–Crippen MR) is 188 cm³/mol. The highest BCUT2D eigenvalue weighted by Gasteiger charge is 2.41. The minimum atomic E-state index is -0.600. The Balaban J connectivity index is 1.04. The van der Waals surface area contributed by atoms with E-state index in [0.29, 0.717) is 41.5 Å². The van der Waals surface area contributed by atoms with E-state index in [1.165, 1.54) is 0 Å². The van der Waals surface area contributed by atoms with Gasteiger partial charge in [0.1, 0.15) is 29.6 Å². The van der Waals surface area contributed by atoms with Gasteiger partial charge in [-0.05, 0) is 82.4 Å². The number of hydrogen-bond donors (Lipinski definition) is 3. The number of carbonyl (C=O) groups excluding carboxylic acids is 3. The van der Waals surface area contributed by atoms with Crippen molar-refractivity contribution in [1.82, 2.24) is 20.2 Å². The van der Waals surface area contributed by atoms with Crippen LogP contribution in [-0.4, -0.2) is 96.7 Å². The van der Waals surface area contributed by atoms with Gasteiger partial charge in [0.15, 0.2) is 5.82 Å². The average Bonchev–Trinajstić information content (AvgIpc) is 3.84. The number of esters is 1. The number of ether oxygens (including phenoxy) is 2. The van der Waals surface area contributed by atoms with Crippen LogP contribution < -0.4 is 30.9 Å². The van der Waals surface area contributed by atoms with Gasteiger partial charge in [-0.15, -0.1) is 0 Å². The molecule has 4 N–H and O–H groups in total. The summed E-state index contributed by atoms with van der Waals surface area (Å²) in [6, 6.07) is 4.77. The third kappa shape index (κ3) is 7.93. The molecule has 49 heavy (non-hydrogen) atoms. The van der Waals surface area contributed by atoms with Gasteiger partial charge in [-0.1, -0.05) is 19.8 Å². The van der Waals surface area contributed by atoms with E-state index in [1.807, 2.05) is 6.92 Å². The fraction of sp³-hybridized carbons (Fsp3) is 0.639. The Hall–Kier alpha value is -3.97. The number of benzene rings is 1. The Bertz CT molecular complexity index is 1490. The predicted octanol–water partition coefficient (Wildman–Crippen LogP) is 4.13. The molecule has 2 aliphatic carbocycles. The van der Waals surface area contributed by atoms with Gasteiger partial charge in [0.25, 0.3) is 5.91 Å². The molecular weight excluding hydrogens is 624 g/mol. The summed E-state index contributed by atoms with van der Waals surface area (Å²) in [4.78, 5) is 54.5. The van der Waals surface area contributed by atoms with E-state index in [9.17, 15) is 14.4 Å². The number of methoxy groups -OCH3 is 1. The summed E-state index contributed by atoms with van der Waals surface area (Å²) in [6.45, 7) is 4.42. The van der Waals surface area contributed by atoms with Gasteiger partial charge in [0.05, 0.1) is 19.0 Å². The number of rotatable bonds is 12. The molecule has 3 fully saturated rings. The van der Waals surface area contributed by atoms with Crippen LogP contribution in [0.2, 0.25) is 0 Å². The summed E-state index contributed by atoms with van der Waals surface area (Å²) in [5.41, 5.74) is 7.97. The van der Waals surface area contributed by atoms with Crippen LogP contribution >= 0.6 is 0 Å². The second-order valence-corrected chi connectivity index (χ2v) is 13.9. The first kappa shape index (κ1) is 34.9. The Morgan fingerprint density at radius 1 is 1.06 bits per heavy atom. The van der Waals surface area contributed by atoms with Gasteiger partial charge in [-0.3, -0.25) is 14.4 Å². The second-order valence-electron chi connectivity index (χ2n) is 13.9. The fourth-order valence-electron chi connectivity index (χ4n) is 7.77. The normalized spacial score (nSPS) is 21.5. The van der Waals surface area contributed by atoms with Gasteiger partial charge in [-0.25, -0.2) is 4.98 Å². The van der Waals surface area contributed by atoms with Crippen molar-refractivity contribution in [2.75, 3.05) is 48.9 Å². The van der Waals surface area contributed by atoms with E-state index in [1.54, 1.807) is 43.5 Å². The molecule has 2 atom stereocenters. The third-order valence-corrected chi connectivity index (χ3v) is 10.7. The first-order valence-corrected chi connectivity index (χ1v) is 18.1. The number of amides is 2.